The Morgan fingerprint density at radius 2 is 1.74 bits per heavy atom. The molecular formula is C19H20NO3+. The summed E-state index contributed by atoms with van der Waals surface area (Å²) in [4.78, 5) is 0. The predicted octanol–water partition coefficient (Wildman–Crippen LogP) is 3.09. The molecule has 0 aliphatic rings. The van der Waals surface area contributed by atoms with Crippen molar-refractivity contribution in [3.63, 3.8) is 0 Å². The second-order valence-corrected chi connectivity index (χ2v) is 5.43. The molecular weight excluding hydrogens is 290 g/mol. The van der Waals surface area contributed by atoms with Gasteiger partial charge < -0.3 is 14.6 Å². The van der Waals surface area contributed by atoms with Gasteiger partial charge in [0.2, 0.25) is 0 Å². The third-order valence-corrected chi connectivity index (χ3v) is 3.95. The molecule has 1 heterocycles. The van der Waals surface area contributed by atoms with Crippen molar-refractivity contribution in [3.8, 4) is 17.2 Å². The fourth-order valence-corrected chi connectivity index (χ4v) is 2.61. The molecule has 0 radical (unpaired) electrons. The van der Waals surface area contributed by atoms with Gasteiger partial charge in [-0.2, -0.15) is 0 Å². The van der Waals surface area contributed by atoms with Crippen LogP contribution in [-0.2, 0) is 13.0 Å². The predicted molar refractivity (Wildman–Crippen MR) is 89.1 cm³/mol. The summed E-state index contributed by atoms with van der Waals surface area (Å²) in [6.45, 7) is 0.880. The Labute approximate surface area is 135 Å². The van der Waals surface area contributed by atoms with Gasteiger partial charge in [-0.1, -0.05) is 12.1 Å². The van der Waals surface area contributed by atoms with E-state index in [9.17, 15) is 5.11 Å². The number of hydrogen-bond acceptors (Lipinski definition) is 3. The molecule has 3 rings (SSSR count). The van der Waals surface area contributed by atoms with Crippen molar-refractivity contribution in [2.75, 3.05) is 14.2 Å². The van der Waals surface area contributed by atoms with Gasteiger partial charge in [-0.05, 0) is 35.2 Å². The summed E-state index contributed by atoms with van der Waals surface area (Å²) >= 11 is 0. The molecule has 0 fully saturated rings. The van der Waals surface area contributed by atoms with Crippen LogP contribution in [0.15, 0.2) is 54.9 Å². The summed E-state index contributed by atoms with van der Waals surface area (Å²) in [6.07, 6.45) is 5.04. The Morgan fingerprint density at radius 1 is 0.957 bits per heavy atom. The van der Waals surface area contributed by atoms with Gasteiger partial charge in [0.1, 0.15) is 5.75 Å². The Hall–Kier alpha value is -2.75. The maximum absolute atomic E-state index is 9.83. The van der Waals surface area contributed by atoms with Crippen molar-refractivity contribution in [3.05, 3.63) is 60.4 Å². The highest BCUT2D eigenvalue weighted by Crippen LogP contribution is 2.30. The number of phenolic OH excluding ortho intramolecular Hbond substituents is 1. The van der Waals surface area contributed by atoms with Gasteiger partial charge in [0.15, 0.2) is 30.4 Å². The van der Waals surface area contributed by atoms with Gasteiger partial charge >= 0.3 is 0 Å². The smallest absolute Gasteiger partial charge is 0.176 e. The molecule has 23 heavy (non-hydrogen) atoms. The second kappa shape index (κ2) is 6.57. The largest absolute Gasteiger partial charge is 0.504 e. The standard InChI is InChI=1S/C19H19NO3/c1-22-17-5-3-14(4-6-17)7-9-20-10-8-15-11-18(21)19(23-2)12-16(15)13-20/h3-6,8,10-13H,7,9H2,1-2H3/p+1. The molecule has 0 bridgehead atoms. The van der Waals surface area contributed by atoms with Crippen LogP contribution in [0.2, 0.25) is 0 Å². The number of nitrogens with zero attached hydrogens (tertiary/aromatic N) is 1. The third kappa shape index (κ3) is 3.37. The van der Waals surface area contributed by atoms with E-state index in [-0.39, 0.29) is 5.75 Å². The number of ether oxygens (including phenoxy) is 2. The summed E-state index contributed by atoms with van der Waals surface area (Å²) in [6, 6.07) is 13.7. The Kier molecular flexibility index (Phi) is 4.33. The number of pyridine rings is 1. The minimum absolute atomic E-state index is 0.163. The molecule has 0 unspecified atom stereocenters. The maximum Gasteiger partial charge on any atom is 0.176 e. The molecule has 1 N–H and O–H groups in total. The summed E-state index contributed by atoms with van der Waals surface area (Å²) in [5.41, 5.74) is 1.27. The average Bonchev–Trinajstić information content (AvgIpc) is 2.59. The number of aryl methyl sites for hydroxylation is 2. The summed E-state index contributed by atoms with van der Waals surface area (Å²) in [7, 11) is 3.23. The Morgan fingerprint density at radius 3 is 2.43 bits per heavy atom. The van der Waals surface area contributed by atoms with Crippen LogP contribution in [-0.4, -0.2) is 19.3 Å². The summed E-state index contributed by atoms with van der Waals surface area (Å²) in [5, 5.41) is 11.9. The number of aromatic nitrogens is 1. The minimum Gasteiger partial charge on any atom is -0.504 e. The molecule has 1 aromatic heterocycles. The monoisotopic (exact) mass is 310 g/mol. The first-order valence-electron chi connectivity index (χ1n) is 7.52. The van der Waals surface area contributed by atoms with E-state index in [2.05, 4.69) is 22.9 Å². The lowest BCUT2D eigenvalue weighted by molar-refractivity contribution is -0.695. The van der Waals surface area contributed by atoms with Crippen molar-refractivity contribution >= 4 is 10.8 Å². The van der Waals surface area contributed by atoms with Crippen LogP contribution in [0.1, 0.15) is 5.56 Å². The zero-order valence-corrected chi connectivity index (χ0v) is 13.3. The zero-order valence-electron chi connectivity index (χ0n) is 13.3. The number of hydrogen-bond donors (Lipinski definition) is 1. The molecule has 118 valence electrons. The van der Waals surface area contributed by atoms with Crippen molar-refractivity contribution in [2.45, 2.75) is 13.0 Å². The topological polar surface area (TPSA) is 42.6 Å². The molecule has 0 atom stereocenters. The van der Waals surface area contributed by atoms with E-state index in [0.29, 0.717) is 5.75 Å². The van der Waals surface area contributed by atoms with Crippen LogP contribution < -0.4 is 14.0 Å². The van der Waals surface area contributed by atoms with Gasteiger partial charge in [0.05, 0.1) is 14.2 Å². The summed E-state index contributed by atoms with van der Waals surface area (Å²) < 4.78 is 12.5. The van der Waals surface area contributed by atoms with Crippen molar-refractivity contribution in [1.29, 1.82) is 0 Å². The Bertz CT molecular complexity index is 813. The van der Waals surface area contributed by atoms with E-state index < -0.39 is 0 Å². The lowest BCUT2D eigenvalue weighted by Crippen LogP contribution is -2.33. The SMILES string of the molecule is COc1ccc(CC[n+]2ccc3cc(O)c(OC)cc3c2)cc1. The molecule has 0 spiro atoms. The lowest BCUT2D eigenvalue weighted by atomic mass is 10.1. The van der Waals surface area contributed by atoms with Gasteiger partial charge in [-0.15, -0.1) is 0 Å². The first kappa shape index (κ1) is 15.2. The van der Waals surface area contributed by atoms with Crippen molar-refractivity contribution < 1.29 is 19.1 Å². The molecule has 4 heteroatoms. The maximum atomic E-state index is 9.83. The molecule has 2 aromatic carbocycles. The summed E-state index contributed by atoms with van der Waals surface area (Å²) in [5.74, 6) is 1.53. The molecule has 0 saturated heterocycles. The van der Waals surface area contributed by atoms with E-state index in [1.165, 1.54) is 5.56 Å². The van der Waals surface area contributed by atoms with Crippen LogP contribution in [0.25, 0.3) is 10.8 Å². The van der Waals surface area contributed by atoms with Crippen molar-refractivity contribution in [1.82, 2.24) is 0 Å². The van der Waals surface area contributed by atoms with E-state index >= 15 is 0 Å². The van der Waals surface area contributed by atoms with Crippen LogP contribution in [0.5, 0.6) is 17.2 Å². The van der Waals surface area contributed by atoms with E-state index in [1.807, 2.05) is 30.5 Å². The molecule has 4 nitrogen and oxygen atoms in total. The number of aromatic hydroxyl groups is 1. The average molecular weight is 310 g/mol. The van der Waals surface area contributed by atoms with Crippen LogP contribution in [0.3, 0.4) is 0 Å². The molecule has 0 aliphatic heterocycles. The molecule has 3 aromatic rings. The number of fused-ring (bicyclic) bond motifs is 1. The van der Waals surface area contributed by atoms with Crippen molar-refractivity contribution in [2.24, 2.45) is 0 Å². The minimum atomic E-state index is 0.163. The fraction of sp³-hybridized carbons (Fsp3) is 0.211. The van der Waals surface area contributed by atoms with Crippen LogP contribution in [0, 0.1) is 0 Å². The van der Waals surface area contributed by atoms with Crippen LogP contribution >= 0.6 is 0 Å². The number of phenols is 1. The van der Waals surface area contributed by atoms with Gasteiger partial charge in [0.25, 0.3) is 0 Å². The Balaban J connectivity index is 1.78. The number of benzene rings is 2. The molecule has 0 aliphatic carbocycles. The number of rotatable bonds is 5. The number of methoxy groups -OCH3 is 2. The lowest BCUT2D eigenvalue weighted by Gasteiger charge is -2.05. The van der Waals surface area contributed by atoms with E-state index in [0.717, 1.165) is 29.5 Å². The second-order valence-electron chi connectivity index (χ2n) is 5.43. The zero-order chi connectivity index (χ0) is 16.2. The normalized spacial score (nSPS) is 10.7. The van der Waals surface area contributed by atoms with Gasteiger partial charge in [-0.25, -0.2) is 4.57 Å². The first-order valence-corrected chi connectivity index (χ1v) is 7.52. The van der Waals surface area contributed by atoms with E-state index in [1.54, 1.807) is 20.3 Å². The first-order chi connectivity index (χ1) is 11.2. The highest BCUT2D eigenvalue weighted by molar-refractivity contribution is 5.84. The van der Waals surface area contributed by atoms with Crippen LogP contribution in [0.4, 0.5) is 0 Å². The molecule has 0 saturated carbocycles. The van der Waals surface area contributed by atoms with E-state index in [4.69, 9.17) is 9.47 Å². The third-order valence-electron chi connectivity index (χ3n) is 3.95. The van der Waals surface area contributed by atoms with Gasteiger partial charge in [0, 0.05) is 17.9 Å². The van der Waals surface area contributed by atoms with Gasteiger partial charge in [-0.3, -0.25) is 0 Å². The highest BCUT2D eigenvalue weighted by Gasteiger charge is 2.08. The quantitative estimate of drug-likeness (QED) is 0.736. The molecule has 0 amide bonds. The highest BCUT2D eigenvalue weighted by atomic mass is 16.5. The fourth-order valence-electron chi connectivity index (χ4n) is 2.61.